The number of nitrogens with one attached hydrogen (secondary N) is 1. The van der Waals surface area contributed by atoms with Gasteiger partial charge in [-0.3, -0.25) is 0 Å². The van der Waals surface area contributed by atoms with Gasteiger partial charge in [-0.05, 0) is 25.8 Å². The van der Waals surface area contributed by atoms with Gasteiger partial charge in [0.25, 0.3) is 0 Å². The molecule has 1 aliphatic rings. The standard InChI is InChI=1S/C15H27N3S/c1-3-13(16-4-2)15-18-17-14(19-15)12-10-8-6-5-7-9-11-12/h12-13,16H,3-11H2,1-2H3. The van der Waals surface area contributed by atoms with Crippen molar-refractivity contribution in [3.05, 3.63) is 10.0 Å². The molecule has 0 spiro atoms. The van der Waals surface area contributed by atoms with E-state index in [1.165, 1.54) is 55.0 Å². The molecule has 19 heavy (non-hydrogen) atoms. The lowest BCUT2D eigenvalue weighted by atomic mass is 9.92. The van der Waals surface area contributed by atoms with E-state index in [1.807, 2.05) is 11.3 Å². The highest BCUT2D eigenvalue weighted by atomic mass is 32.1. The molecule has 4 heteroatoms. The average molecular weight is 281 g/mol. The lowest BCUT2D eigenvalue weighted by Crippen LogP contribution is -2.19. The predicted octanol–water partition coefficient (Wildman–Crippen LogP) is 4.43. The molecule has 1 aliphatic carbocycles. The fraction of sp³-hybridized carbons (Fsp3) is 0.867. The summed E-state index contributed by atoms with van der Waals surface area (Å²) in [5.74, 6) is 0.672. The third kappa shape index (κ3) is 4.25. The SMILES string of the molecule is CCNC(CC)c1nnc(C2CCCCCCC2)s1. The minimum absolute atomic E-state index is 0.393. The summed E-state index contributed by atoms with van der Waals surface area (Å²) in [6, 6.07) is 0.393. The van der Waals surface area contributed by atoms with Gasteiger partial charge in [0.2, 0.25) is 0 Å². The van der Waals surface area contributed by atoms with Gasteiger partial charge in [-0.1, -0.05) is 57.3 Å². The lowest BCUT2D eigenvalue weighted by Gasteiger charge is -2.16. The van der Waals surface area contributed by atoms with Gasteiger partial charge in [0.1, 0.15) is 10.0 Å². The maximum atomic E-state index is 4.49. The molecule has 1 atom stereocenters. The minimum Gasteiger partial charge on any atom is -0.308 e. The minimum atomic E-state index is 0.393. The van der Waals surface area contributed by atoms with Crippen LogP contribution in [-0.4, -0.2) is 16.7 Å². The van der Waals surface area contributed by atoms with Crippen LogP contribution in [0.25, 0.3) is 0 Å². The highest BCUT2D eigenvalue weighted by molar-refractivity contribution is 7.11. The van der Waals surface area contributed by atoms with Gasteiger partial charge < -0.3 is 5.32 Å². The smallest absolute Gasteiger partial charge is 0.134 e. The third-order valence-electron chi connectivity index (χ3n) is 4.07. The summed E-state index contributed by atoms with van der Waals surface area (Å²) < 4.78 is 0. The zero-order valence-electron chi connectivity index (χ0n) is 12.3. The summed E-state index contributed by atoms with van der Waals surface area (Å²) >= 11 is 1.84. The molecule has 3 nitrogen and oxygen atoms in total. The van der Waals surface area contributed by atoms with Crippen LogP contribution in [0.5, 0.6) is 0 Å². The van der Waals surface area contributed by atoms with E-state index in [0.29, 0.717) is 12.0 Å². The molecule has 1 fully saturated rings. The number of rotatable bonds is 5. The maximum absolute atomic E-state index is 4.49. The first-order valence-corrected chi connectivity index (χ1v) is 8.73. The van der Waals surface area contributed by atoms with E-state index < -0.39 is 0 Å². The Morgan fingerprint density at radius 1 is 1.11 bits per heavy atom. The second-order valence-corrected chi connectivity index (χ2v) is 6.58. The number of hydrogen-bond acceptors (Lipinski definition) is 4. The number of nitrogens with zero attached hydrogens (tertiary/aromatic N) is 2. The van der Waals surface area contributed by atoms with Crippen LogP contribution in [0, 0.1) is 0 Å². The monoisotopic (exact) mass is 281 g/mol. The van der Waals surface area contributed by atoms with Crippen molar-refractivity contribution in [1.82, 2.24) is 15.5 Å². The van der Waals surface area contributed by atoms with Crippen molar-refractivity contribution in [2.45, 2.75) is 77.2 Å². The van der Waals surface area contributed by atoms with E-state index in [1.54, 1.807) is 0 Å². The van der Waals surface area contributed by atoms with Crippen molar-refractivity contribution in [1.29, 1.82) is 0 Å². The van der Waals surface area contributed by atoms with Crippen LogP contribution >= 0.6 is 11.3 Å². The van der Waals surface area contributed by atoms with Crippen LogP contribution in [0.1, 0.15) is 87.2 Å². The number of aromatic nitrogens is 2. The molecule has 1 N–H and O–H groups in total. The molecule has 0 aromatic carbocycles. The Kier molecular flexibility index (Phi) is 6.24. The van der Waals surface area contributed by atoms with Crippen LogP contribution in [0.2, 0.25) is 0 Å². The molecule has 108 valence electrons. The van der Waals surface area contributed by atoms with Crippen molar-refractivity contribution in [2.75, 3.05) is 6.54 Å². The highest BCUT2D eigenvalue weighted by Crippen LogP contribution is 2.34. The van der Waals surface area contributed by atoms with Crippen LogP contribution in [0.4, 0.5) is 0 Å². The lowest BCUT2D eigenvalue weighted by molar-refractivity contribution is 0.452. The molecule has 0 aliphatic heterocycles. The first kappa shape index (κ1) is 14.9. The van der Waals surface area contributed by atoms with Crippen molar-refractivity contribution in [2.24, 2.45) is 0 Å². The first-order chi connectivity index (χ1) is 9.35. The number of hydrogen-bond donors (Lipinski definition) is 1. The van der Waals surface area contributed by atoms with Crippen LogP contribution in [0.15, 0.2) is 0 Å². The zero-order valence-corrected chi connectivity index (χ0v) is 13.1. The Morgan fingerprint density at radius 2 is 1.79 bits per heavy atom. The van der Waals surface area contributed by atoms with Gasteiger partial charge >= 0.3 is 0 Å². The maximum Gasteiger partial charge on any atom is 0.134 e. The third-order valence-corrected chi connectivity index (χ3v) is 5.27. The topological polar surface area (TPSA) is 37.8 Å². The Bertz CT molecular complexity index is 356. The van der Waals surface area contributed by atoms with Crippen molar-refractivity contribution >= 4 is 11.3 Å². The van der Waals surface area contributed by atoms with Gasteiger partial charge in [0, 0.05) is 5.92 Å². The van der Waals surface area contributed by atoms with Crippen LogP contribution in [0.3, 0.4) is 0 Å². The fourth-order valence-corrected chi connectivity index (χ4v) is 4.08. The van der Waals surface area contributed by atoms with Gasteiger partial charge in [0.05, 0.1) is 6.04 Å². The Labute approximate surface area is 121 Å². The fourth-order valence-electron chi connectivity index (χ4n) is 2.91. The van der Waals surface area contributed by atoms with Crippen LogP contribution < -0.4 is 5.32 Å². The normalized spacial score (nSPS) is 19.9. The Hall–Kier alpha value is -0.480. The summed E-state index contributed by atoms with van der Waals surface area (Å²) in [5, 5.41) is 14.9. The van der Waals surface area contributed by atoms with E-state index in [9.17, 15) is 0 Å². The van der Waals surface area contributed by atoms with E-state index in [0.717, 1.165) is 13.0 Å². The summed E-state index contributed by atoms with van der Waals surface area (Å²) in [4.78, 5) is 0. The van der Waals surface area contributed by atoms with E-state index in [4.69, 9.17) is 0 Å². The zero-order chi connectivity index (χ0) is 13.5. The molecule has 0 radical (unpaired) electrons. The molecule has 1 unspecified atom stereocenters. The molecular formula is C15H27N3S. The summed E-state index contributed by atoms with van der Waals surface area (Å²) in [7, 11) is 0. The van der Waals surface area contributed by atoms with E-state index in [2.05, 4.69) is 29.4 Å². The summed E-state index contributed by atoms with van der Waals surface area (Å²) in [5.41, 5.74) is 0. The first-order valence-electron chi connectivity index (χ1n) is 7.91. The van der Waals surface area contributed by atoms with Gasteiger partial charge in [0.15, 0.2) is 0 Å². The summed E-state index contributed by atoms with van der Waals surface area (Å²) in [6.07, 6.45) is 10.7. The molecule has 1 aromatic heterocycles. The van der Waals surface area contributed by atoms with Gasteiger partial charge in [-0.15, -0.1) is 10.2 Å². The molecule has 0 amide bonds. The van der Waals surface area contributed by atoms with Crippen molar-refractivity contribution < 1.29 is 0 Å². The summed E-state index contributed by atoms with van der Waals surface area (Å²) in [6.45, 7) is 5.36. The quantitative estimate of drug-likeness (QED) is 0.867. The molecule has 2 rings (SSSR count). The molecule has 0 bridgehead atoms. The second-order valence-electron chi connectivity index (χ2n) is 5.54. The molecule has 1 heterocycles. The van der Waals surface area contributed by atoms with E-state index in [-0.39, 0.29) is 0 Å². The molecule has 1 saturated carbocycles. The highest BCUT2D eigenvalue weighted by Gasteiger charge is 2.20. The predicted molar refractivity (Wildman–Crippen MR) is 81.7 cm³/mol. The molecule has 0 saturated heterocycles. The Balaban J connectivity index is 2.01. The van der Waals surface area contributed by atoms with Gasteiger partial charge in [-0.25, -0.2) is 0 Å². The van der Waals surface area contributed by atoms with E-state index >= 15 is 0 Å². The second kappa shape index (κ2) is 7.95. The average Bonchev–Trinajstić information content (AvgIpc) is 2.85. The van der Waals surface area contributed by atoms with Crippen LogP contribution in [-0.2, 0) is 0 Å². The van der Waals surface area contributed by atoms with Crippen molar-refractivity contribution in [3.8, 4) is 0 Å². The largest absolute Gasteiger partial charge is 0.308 e. The molecular weight excluding hydrogens is 254 g/mol. The van der Waals surface area contributed by atoms with Crippen molar-refractivity contribution in [3.63, 3.8) is 0 Å². The Morgan fingerprint density at radius 3 is 2.42 bits per heavy atom. The van der Waals surface area contributed by atoms with Gasteiger partial charge in [-0.2, -0.15) is 0 Å². The molecule has 1 aromatic rings.